The van der Waals surface area contributed by atoms with Gasteiger partial charge in [-0.05, 0) is 51.4 Å². The fourth-order valence-corrected chi connectivity index (χ4v) is 4.05. The molecule has 0 radical (unpaired) electrons. The Morgan fingerprint density at radius 3 is 2.72 bits per heavy atom. The van der Waals surface area contributed by atoms with Crippen LogP contribution in [0.25, 0.3) is 0 Å². The van der Waals surface area contributed by atoms with Crippen LogP contribution < -0.4 is 11.3 Å². The number of hydrogen-bond acceptors (Lipinski definition) is 4. The lowest BCUT2D eigenvalue weighted by molar-refractivity contribution is -0.149. The fraction of sp³-hybridized carbons (Fsp3) is 1.00. The van der Waals surface area contributed by atoms with Crippen molar-refractivity contribution in [3.8, 4) is 0 Å². The summed E-state index contributed by atoms with van der Waals surface area (Å²) in [5.41, 5.74) is 3.30. The molecule has 0 bridgehead atoms. The highest BCUT2D eigenvalue weighted by molar-refractivity contribution is 4.98. The van der Waals surface area contributed by atoms with Crippen molar-refractivity contribution < 1.29 is 9.47 Å². The van der Waals surface area contributed by atoms with E-state index in [2.05, 4.69) is 12.3 Å². The molecule has 3 aliphatic rings. The van der Waals surface area contributed by atoms with Crippen LogP contribution in [0.1, 0.15) is 45.4 Å². The van der Waals surface area contributed by atoms with Crippen LogP contribution in [0.3, 0.4) is 0 Å². The lowest BCUT2D eigenvalue weighted by atomic mass is 9.69. The molecule has 2 aliphatic heterocycles. The van der Waals surface area contributed by atoms with E-state index in [9.17, 15) is 0 Å². The van der Waals surface area contributed by atoms with Gasteiger partial charge in [0.2, 0.25) is 0 Å². The number of ether oxygens (including phenoxy) is 2. The van der Waals surface area contributed by atoms with Crippen LogP contribution in [0.2, 0.25) is 0 Å². The molecule has 0 aromatic heterocycles. The second-order valence-corrected chi connectivity index (χ2v) is 6.47. The van der Waals surface area contributed by atoms with E-state index < -0.39 is 0 Å². The SMILES string of the molecule is CC1CC(C(NN)C2CCOC3(CCC3)C2)CO1. The van der Waals surface area contributed by atoms with Crippen molar-refractivity contribution in [2.75, 3.05) is 13.2 Å². The van der Waals surface area contributed by atoms with Crippen LogP contribution in [-0.2, 0) is 9.47 Å². The van der Waals surface area contributed by atoms with Gasteiger partial charge in [-0.25, -0.2) is 0 Å². The van der Waals surface area contributed by atoms with Crippen LogP contribution in [0.5, 0.6) is 0 Å². The van der Waals surface area contributed by atoms with Gasteiger partial charge in [0.15, 0.2) is 0 Å². The van der Waals surface area contributed by atoms with Crippen molar-refractivity contribution in [3.05, 3.63) is 0 Å². The average Bonchev–Trinajstić information content (AvgIpc) is 2.75. The van der Waals surface area contributed by atoms with E-state index in [0.717, 1.165) is 26.1 Å². The number of nitrogens with two attached hydrogens (primary N) is 1. The van der Waals surface area contributed by atoms with E-state index in [4.69, 9.17) is 15.3 Å². The summed E-state index contributed by atoms with van der Waals surface area (Å²) in [6.07, 6.45) is 7.68. The predicted octanol–water partition coefficient (Wildman–Crippen LogP) is 1.59. The lowest BCUT2D eigenvalue weighted by Gasteiger charge is -2.49. The Kier molecular flexibility index (Phi) is 3.63. The first-order valence-corrected chi connectivity index (χ1v) is 7.44. The maximum atomic E-state index is 6.01. The van der Waals surface area contributed by atoms with Crippen molar-refractivity contribution >= 4 is 0 Å². The first-order chi connectivity index (χ1) is 8.72. The molecule has 1 spiro atoms. The largest absolute Gasteiger partial charge is 0.378 e. The molecule has 104 valence electrons. The minimum absolute atomic E-state index is 0.211. The summed E-state index contributed by atoms with van der Waals surface area (Å²) in [7, 11) is 0. The Labute approximate surface area is 110 Å². The molecule has 3 fully saturated rings. The Morgan fingerprint density at radius 1 is 1.33 bits per heavy atom. The van der Waals surface area contributed by atoms with Gasteiger partial charge >= 0.3 is 0 Å². The molecule has 4 nitrogen and oxygen atoms in total. The standard InChI is InChI=1S/C14H26N2O2/c1-10-7-12(9-17-10)13(16-15)11-3-6-18-14(8-11)4-2-5-14/h10-13,16H,2-9,15H2,1H3. The van der Waals surface area contributed by atoms with E-state index in [-0.39, 0.29) is 5.60 Å². The average molecular weight is 254 g/mol. The molecule has 1 saturated carbocycles. The summed E-state index contributed by atoms with van der Waals surface area (Å²) in [5.74, 6) is 7.06. The van der Waals surface area contributed by atoms with Crippen LogP contribution in [0.4, 0.5) is 0 Å². The number of hydrazine groups is 1. The zero-order valence-corrected chi connectivity index (χ0v) is 11.4. The van der Waals surface area contributed by atoms with E-state index in [0.29, 0.717) is 24.0 Å². The summed E-state index contributed by atoms with van der Waals surface area (Å²) in [6.45, 7) is 3.93. The molecule has 4 unspecified atom stereocenters. The monoisotopic (exact) mass is 254 g/mol. The molecule has 1 aliphatic carbocycles. The summed E-state index contributed by atoms with van der Waals surface area (Å²) < 4.78 is 11.7. The van der Waals surface area contributed by atoms with Crippen molar-refractivity contribution in [3.63, 3.8) is 0 Å². The Hall–Kier alpha value is -0.160. The maximum absolute atomic E-state index is 6.01. The van der Waals surface area contributed by atoms with E-state index in [1.807, 2.05) is 0 Å². The van der Waals surface area contributed by atoms with Crippen molar-refractivity contribution in [2.24, 2.45) is 17.7 Å². The maximum Gasteiger partial charge on any atom is 0.0685 e. The van der Waals surface area contributed by atoms with Gasteiger partial charge < -0.3 is 9.47 Å². The van der Waals surface area contributed by atoms with Gasteiger partial charge in [-0.1, -0.05) is 0 Å². The Morgan fingerprint density at radius 2 is 2.17 bits per heavy atom. The summed E-state index contributed by atoms with van der Waals surface area (Å²) >= 11 is 0. The summed E-state index contributed by atoms with van der Waals surface area (Å²) in [5, 5.41) is 0. The molecule has 3 N–H and O–H groups in total. The van der Waals surface area contributed by atoms with Gasteiger partial charge in [0, 0.05) is 18.6 Å². The summed E-state index contributed by atoms with van der Waals surface area (Å²) in [4.78, 5) is 0. The number of rotatable bonds is 3. The second kappa shape index (κ2) is 5.08. The first kappa shape index (κ1) is 12.9. The van der Waals surface area contributed by atoms with Gasteiger partial charge in [0.05, 0.1) is 18.3 Å². The third-order valence-corrected chi connectivity index (χ3v) is 5.23. The van der Waals surface area contributed by atoms with Gasteiger partial charge in [0.1, 0.15) is 0 Å². The number of nitrogens with one attached hydrogen (secondary N) is 1. The Bertz CT molecular complexity index is 294. The van der Waals surface area contributed by atoms with Crippen LogP contribution in [-0.4, -0.2) is 31.0 Å². The molecule has 0 amide bonds. The minimum atomic E-state index is 0.211. The highest BCUT2D eigenvalue weighted by Crippen LogP contribution is 2.46. The zero-order valence-electron chi connectivity index (χ0n) is 11.4. The van der Waals surface area contributed by atoms with E-state index in [1.54, 1.807) is 0 Å². The molecule has 2 heterocycles. The van der Waals surface area contributed by atoms with Crippen molar-refractivity contribution in [1.82, 2.24) is 5.43 Å². The lowest BCUT2D eigenvalue weighted by Crippen LogP contribution is -2.53. The second-order valence-electron chi connectivity index (χ2n) is 6.47. The number of hydrogen-bond donors (Lipinski definition) is 2. The molecule has 0 aromatic rings. The van der Waals surface area contributed by atoms with Gasteiger partial charge in [0.25, 0.3) is 0 Å². The summed E-state index contributed by atoms with van der Waals surface area (Å²) in [6, 6.07) is 0.399. The topological polar surface area (TPSA) is 56.5 Å². The molecular weight excluding hydrogens is 228 g/mol. The zero-order chi connectivity index (χ0) is 12.6. The molecule has 3 rings (SSSR count). The van der Waals surface area contributed by atoms with Gasteiger partial charge in [-0.3, -0.25) is 11.3 Å². The highest BCUT2D eigenvalue weighted by Gasteiger charge is 2.46. The predicted molar refractivity (Wildman–Crippen MR) is 69.9 cm³/mol. The van der Waals surface area contributed by atoms with Crippen LogP contribution in [0.15, 0.2) is 0 Å². The third-order valence-electron chi connectivity index (χ3n) is 5.23. The van der Waals surface area contributed by atoms with Crippen LogP contribution in [0, 0.1) is 11.8 Å². The molecule has 4 atom stereocenters. The quantitative estimate of drug-likeness (QED) is 0.593. The third kappa shape index (κ3) is 2.31. The molecule has 2 saturated heterocycles. The van der Waals surface area contributed by atoms with Gasteiger partial charge in [-0.2, -0.15) is 0 Å². The minimum Gasteiger partial charge on any atom is -0.378 e. The Balaban J connectivity index is 1.64. The van der Waals surface area contributed by atoms with Crippen molar-refractivity contribution in [2.45, 2.75) is 63.2 Å². The van der Waals surface area contributed by atoms with Gasteiger partial charge in [-0.15, -0.1) is 0 Å². The molecule has 4 heteroatoms. The molecule has 18 heavy (non-hydrogen) atoms. The first-order valence-electron chi connectivity index (χ1n) is 7.44. The molecular formula is C14H26N2O2. The van der Waals surface area contributed by atoms with E-state index >= 15 is 0 Å². The van der Waals surface area contributed by atoms with E-state index in [1.165, 1.54) is 25.7 Å². The van der Waals surface area contributed by atoms with Crippen LogP contribution >= 0.6 is 0 Å². The highest BCUT2D eigenvalue weighted by atomic mass is 16.5. The smallest absolute Gasteiger partial charge is 0.0685 e. The van der Waals surface area contributed by atoms with Crippen molar-refractivity contribution in [1.29, 1.82) is 0 Å². The molecule has 0 aromatic carbocycles. The normalized spacial score (nSPS) is 40.7. The fourth-order valence-electron chi connectivity index (χ4n) is 4.05.